The molecule has 0 atom stereocenters. The van der Waals surface area contributed by atoms with Crippen molar-refractivity contribution < 1.29 is 4.79 Å². The summed E-state index contributed by atoms with van der Waals surface area (Å²) in [4.78, 5) is 10.5. The molecule has 0 saturated heterocycles. The van der Waals surface area contributed by atoms with Gasteiger partial charge in [0.1, 0.15) is 0 Å². The summed E-state index contributed by atoms with van der Waals surface area (Å²) in [6.07, 6.45) is 2.74. The fraction of sp³-hybridized carbons (Fsp3) is 0. The second-order valence-corrected chi connectivity index (χ2v) is 3.43. The van der Waals surface area contributed by atoms with Crippen LogP contribution in [0.5, 0.6) is 0 Å². The summed E-state index contributed by atoms with van der Waals surface area (Å²) in [5.41, 5.74) is 11.5. The molecule has 5 heteroatoms. The van der Waals surface area contributed by atoms with Gasteiger partial charge in [-0.1, -0.05) is 23.2 Å². The van der Waals surface area contributed by atoms with Gasteiger partial charge in [-0.25, -0.2) is 0 Å². The normalized spacial score (nSPS) is 10.7. The summed E-state index contributed by atoms with van der Waals surface area (Å²) in [6.45, 7) is 0. The van der Waals surface area contributed by atoms with Crippen LogP contribution in [0.3, 0.4) is 0 Å². The zero-order valence-electron chi connectivity index (χ0n) is 7.13. The zero-order valence-corrected chi connectivity index (χ0v) is 8.64. The van der Waals surface area contributed by atoms with Crippen molar-refractivity contribution >= 4 is 40.9 Å². The fourth-order valence-corrected chi connectivity index (χ4v) is 1.25. The lowest BCUT2D eigenvalue weighted by Crippen LogP contribution is -2.05. The molecule has 1 aromatic rings. The smallest absolute Gasteiger partial charge is 0.241 e. The van der Waals surface area contributed by atoms with Crippen LogP contribution in [-0.4, -0.2) is 5.91 Å². The highest BCUT2D eigenvalue weighted by atomic mass is 35.5. The SMILES string of the molecule is NC(=O)/C=C/c1cc(N)c(Cl)c(Cl)c1. The van der Waals surface area contributed by atoms with Gasteiger partial charge in [0.25, 0.3) is 0 Å². The highest BCUT2D eigenvalue weighted by Gasteiger charge is 2.02. The summed E-state index contributed by atoms with van der Waals surface area (Å²) in [6, 6.07) is 3.20. The number of carbonyl (C=O) groups excluding carboxylic acids is 1. The summed E-state index contributed by atoms with van der Waals surface area (Å²) in [5.74, 6) is -0.533. The van der Waals surface area contributed by atoms with Crippen molar-refractivity contribution in [3.05, 3.63) is 33.8 Å². The zero-order chi connectivity index (χ0) is 10.7. The van der Waals surface area contributed by atoms with Gasteiger partial charge in [0.05, 0.1) is 15.7 Å². The van der Waals surface area contributed by atoms with Crippen LogP contribution in [0.4, 0.5) is 5.69 Å². The molecule has 1 aromatic carbocycles. The number of halogens is 2. The summed E-state index contributed by atoms with van der Waals surface area (Å²) < 4.78 is 0. The van der Waals surface area contributed by atoms with Gasteiger partial charge in [-0.2, -0.15) is 0 Å². The van der Waals surface area contributed by atoms with E-state index in [2.05, 4.69) is 0 Å². The lowest BCUT2D eigenvalue weighted by atomic mass is 10.2. The fourth-order valence-electron chi connectivity index (χ4n) is 0.907. The average molecular weight is 231 g/mol. The number of benzene rings is 1. The van der Waals surface area contributed by atoms with E-state index in [0.29, 0.717) is 21.3 Å². The number of nitrogens with two attached hydrogens (primary N) is 2. The van der Waals surface area contributed by atoms with Crippen LogP contribution in [0, 0.1) is 0 Å². The van der Waals surface area contributed by atoms with Crippen molar-refractivity contribution in [2.24, 2.45) is 5.73 Å². The minimum Gasteiger partial charge on any atom is -0.397 e. The van der Waals surface area contributed by atoms with Crippen molar-refractivity contribution in [3.8, 4) is 0 Å². The van der Waals surface area contributed by atoms with E-state index < -0.39 is 5.91 Å². The standard InChI is InChI=1S/C9H8Cl2N2O/c10-6-3-5(1-2-8(13)14)4-7(12)9(6)11/h1-4H,12H2,(H2,13,14)/b2-1+. The van der Waals surface area contributed by atoms with E-state index in [1.54, 1.807) is 12.1 Å². The quantitative estimate of drug-likeness (QED) is 0.604. The maximum Gasteiger partial charge on any atom is 0.241 e. The molecule has 0 fully saturated rings. The second kappa shape index (κ2) is 4.35. The first-order chi connectivity index (χ1) is 6.50. The number of hydrogen-bond donors (Lipinski definition) is 2. The van der Waals surface area contributed by atoms with E-state index in [1.165, 1.54) is 12.2 Å². The van der Waals surface area contributed by atoms with Gasteiger partial charge < -0.3 is 11.5 Å². The molecule has 0 bridgehead atoms. The van der Waals surface area contributed by atoms with E-state index in [1.807, 2.05) is 0 Å². The van der Waals surface area contributed by atoms with Gasteiger partial charge in [0, 0.05) is 6.08 Å². The Morgan fingerprint density at radius 3 is 2.50 bits per heavy atom. The molecule has 0 aliphatic heterocycles. The van der Waals surface area contributed by atoms with Crippen LogP contribution >= 0.6 is 23.2 Å². The Morgan fingerprint density at radius 2 is 2.00 bits per heavy atom. The van der Waals surface area contributed by atoms with Gasteiger partial charge in [0.15, 0.2) is 0 Å². The van der Waals surface area contributed by atoms with E-state index in [9.17, 15) is 4.79 Å². The van der Waals surface area contributed by atoms with Crippen molar-refractivity contribution in [1.82, 2.24) is 0 Å². The molecule has 0 aliphatic rings. The lowest BCUT2D eigenvalue weighted by Gasteiger charge is -2.02. The molecule has 0 heterocycles. The van der Waals surface area contributed by atoms with Gasteiger partial charge in [-0.15, -0.1) is 0 Å². The van der Waals surface area contributed by atoms with Crippen LogP contribution in [0.15, 0.2) is 18.2 Å². The van der Waals surface area contributed by atoms with Crippen molar-refractivity contribution in [1.29, 1.82) is 0 Å². The Labute approximate surface area is 91.3 Å². The summed E-state index contributed by atoms with van der Waals surface area (Å²) >= 11 is 11.5. The minimum absolute atomic E-state index is 0.308. The van der Waals surface area contributed by atoms with Crippen molar-refractivity contribution in [2.45, 2.75) is 0 Å². The molecule has 1 amide bonds. The van der Waals surface area contributed by atoms with E-state index >= 15 is 0 Å². The third-order valence-corrected chi connectivity index (χ3v) is 2.34. The number of primary amides is 1. The third-order valence-electron chi connectivity index (χ3n) is 1.52. The van der Waals surface area contributed by atoms with Gasteiger partial charge in [0.2, 0.25) is 5.91 Å². The van der Waals surface area contributed by atoms with Crippen LogP contribution in [-0.2, 0) is 4.79 Å². The number of amides is 1. The molecular weight excluding hydrogens is 223 g/mol. The first kappa shape index (κ1) is 10.9. The van der Waals surface area contributed by atoms with Crippen LogP contribution in [0.1, 0.15) is 5.56 Å². The molecule has 0 aliphatic carbocycles. The molecule has 0 saturated carbocycles. The number of rotatable bonds is 2. The van der Waals surface area contributed by atoms with E-state index in [0.717, 1.165) is 0 Å². The minimum atomic E-state index is -0.533. The highest BCUT2D eigenvalue weighted by molar-refractivity contribution is 6.43. The average Bonchev–Trinajstić information content (AvgIpc) is 2.10. The third kappa shape index (κ3) is 2.65. The maximum atomic E-state index is 10.5. The first-order valence-corrected chi connectivity index (χ1v) is 4.48. The number of hydrogen-bond acceptors (Lipinski definition) is 2. The Morgan fingerprint density at radius 1 is 1.36 bits per heavy atom. The first-order valence-electron chi connectivity index (χ1n) is 3.72. The van der Waals surface area contributed by atoms with Crippen molar-refractivity contribution in [2.75, 3.05) is 5.73 Å². The molecule has 14 heavy (non-hydrogen) atoms. The predicted molar refractivity (Wildman–Crippen MR) is 59.1 cm³/mol. The van der Waals surface area contributed by atoms with Crippen LogP contribution in [0.25, 0.3) is 6.08 Å². The number of carbonyl (C=O) groups is 1. The van der Waals surface area contributed by atoms with Crippen LogP contribution in [0.2, 0.25) is 10.0 Å². The number of anilines is 1. The Kier molecular flexibility index (Phi) is 3.38. The molecule has 0 spiro atoms. The summed E-state index contributed by atoms with van der Waals surface area (Å²) in [7, 11) is 0. The molecule has 0 aromatic heterocycles. The van der Waals surface area contributed by atoms with Gasteiger partial charge in [-0.05, 0) is 23.8 Å². The lowest BCUT2D eigenvalue weighted by molar-refractivity contribution is -0.113. The van der Waals surface area contributed by atoms with Crippen molar-refractivity contribution in [3.63, 3.8) is 0 Å². The molecule has 0 unspecified atom stereocenters. The topological polar surface area (TPSA) is 69.1 Å². The Balaban J connectivity index is 3.07. The van der Waals surface area contributed by atoms with Gasteiger partial charge >= 0.3 is 0 Å². The highest BCUT2D eigenvalue weighted by Crippen LogP contribution is 2.29. The second-order valence-electron chi connectivity index (χ2n) is 2.64. The molecule has 4 N–H and O–H groups in total. The van der Waals surface area contributed by atoms with Gasteiger partial charge in [-0.3, -0.25) is 4.79 Å². The Hall–Kier alpha value is -1.19. The maximum absolute atomic E-state index is 10.5. The predicted octanol–water partition coefficient (Wildman–Crippen LogP) is 2.07. The molecular formula is C9H8Cl2N2O. The Bertz CT molecular complexity index is 379. The van der Waals surface area contributed by atoms with E-state index in [4.69, 9.17) is 34.7 Å². The molecule has 3 nitrogen and oxygen atoms in total. The van der Waals surface area contributed by atoms with Crippen LogP contribution < -0.4 is 11.5 Å². The summed E-state index contributed by atoms with van der Waals surface area (Å²) in [5, 5.41) is 0.652. The number of nitrogen functional groups attached to an aromatic ring is 1. The molecule has 0 radical (unpaired) electrons. The monoisotopic (exact) mass is 230 g/mol. The van der Waals surface area contributed by atoms with E-state index in [-0.39, 0.29) is 0 Å². The largest absolute Gasteiger partial charge is 0.397 e. The molecule has 74 valence electrons. The molecule has 1 rings (SSSR count).